The fourth-order valence-electron chi connectivity index (χ4n) is 3.44. The van der Waals surface area contributed by atoms with Gasteiger partial charge in [0.2, 0.25) is 0 Å². The van der Waals surface area contributed by atoms with Crippen molar-refractivity contribution in [1.82, 2.24) is 0 Å². The summed E-state index contributed by atoms with van der Waals surface area (Å²) in [4.78, 5) is 0. The highest BCUT2D eigenvalue weighted by Crippen LogP contribution is 2.13. The van der Waals surface area contributed by atoms with Crippen LogP contribution in [-0.4, -0.2) is 29.6 Å². The molecule has 1 aliphatic rings. The van der Waals surface area contributed by atoms with Gasteiger partial charge < -0.3 is 10.2 Å². The molecule has 1 N–H and O–H groups in total. The lowest BCUT2D eigenvalue weighted by molar-refractivity contribution is -0.450. The molecule has 27 heavy (non-hydrogen) atoms. The molecular weight excluding hydrogens is 334 g/mol. The lowest BCUT2D eigenvalue weighted by Gasteiger charge is -2.03. The average Bonchev–Trinajstić information content (AvgIpc) is 2.68. The summed E-state index contributed by atoms with van der Waals surface area (Å²) in [6.45, 7) is 4.07. The van der Waals surface area contributed by atoms with Crippen LogP contribution >= 0.6 is 0 Å². The fraction of sp³-hybridized carbons (Fsp3) is 0.792. The minimum atomic E-state index is 0. The van der Waals surface area contributed by atoms with E-state index in [1.54, 1.807) is 0 Å². The normalized spacial score (nSPS) is 14.5. The van der Waals surface area contributed by atoms with Crippen LogP contribution in [0.2, 0.25) is 0 Å². The molecule has 0 atom stereocenters. The molecule has 0 fully saturated rings. The summed E-state index contributed by atoms with van der Waals surface area (Å²) in [5.74, 6) is 0. The van der Waals surface area contributed by atoms with Crippen molar-refractivity contribution in [3.63, 3.8) is 0 Å². The largest absolute Gasteiger partial charge is 0.870 e. The molecule has 3 nitrogen and oxygen atoms in total. The van der Waals surface area contributed by atoms with Crippen molar-refractivity contribution >= 4 is 6.40 Å². The Balaban J connectivity index is 0.00000676. The number of rotatable bonds is 18. The summed E-state index contributed by atoms with van der Waals surface area (Å²) >= 11 is 0. The molecule has 0 aromatic carbocycles. The molecule has 0 aromatic rings. The minimum Gasteiger partial charge on any atom is -0.870 e. The minimum absolute atomic E-state index is 0. The smallest absolute Gasteiger partial charge is 0.329 e. The van der Waals surface area contributed by atoms with Crippen molar-refractivity contribution in [3.05, 3.63) is 24.4 Å². The molecule has 158 valence electrons. The second-order valence-corrected chi connectivity index (χ2v) is 7.75. The van der Waals surface area contributed by atoms with Gasteiger partial charge in [0.15, 0.2) is 12.7 Å². The van der Waals surface area contributed by atoms with Crippen LogP contribution < -0.4 is 0 Å². The zero-order valence-electron chi connectivity index (χ0n) is 17.9. The standard InChI is InChI=1S/C24H44NO.H2O/c1-2-3-4-5-6-7-8-9-10-11-12-13-14-15-16-20-23-26-24-25-21-18-17-19-22-25;/h17-19,21,24H,2-16,20,22-23H2,1H3;1H2/q+1;/p-1. The second-order valence-electron chi connectivity index (χ2n) is 7.75. The highest BCUT2D eigenvalue weighted by atomic mass is 16.5. The van der Waals surface area contributed by atoms with Gasteiger partial charge in [0.05, 0.1) is 6.61 Å². The summed E-state index contributed by atoms with van der Waals surface area (Å²) in [6.07, 6.45) is 32.7. The summed E-state index contributed by atoms with van der Waals surface area (Å²) in [6, 6.07) is 0. The van der Waals surface area contributed by atoms with Crippen molar-refractivity contribution in [2.75, 3.05) is 13.2 Å². The molecule has 0 saturated carbocycles. The lowest BCUT2D eigenvalue weighted by Crippen LogP contribution is -2.10. The summed E-state index contributed by atoms with van der Waals surface area (Å²) in [5.41, 5.74) is 0. The predicted molar refractivity (Wildman–Crippen MR) is 117 cm³/mol. The van der Waals surface area contributed by atoms with Crippen LogP contribution in [0.3, 0.4) is 0 Å². The maximum atomic E-state index is 5.61. The first-order chi connectivity index (χ1) is 12.9. The second kappa shape index (κ2) is 21.2. The molecule has 0 radical (unpaired) electrons. The van der Waals surface area contributed by atoms with Crippen LogP contribution in [0, 0.1) is 0 Å². The Kier molecular flexibility index (Phi) is 20.4. The van der Waals surface area contributed by atoms with Crippen molar-refractivity contribution in [1.29, 1.82) is 0 Å². The highest BCUT2D eigenvalue weighted by Gasteiger charge is 1.99. The van der Waals surface area contributed by atoms with Gasteiger partial charge in [-0.25, -0.2) is 0 Å². The van der Waals surface area contributed by atoms with Crippen LogP contribution in [0.15, 0.2) is 24.4 Å². The third-order valence-electron chi connectivity index (χ3n) is 5.17. The van der Waals surface area contributed by atoms with Gasteiger partial charge in [0, 0.05) is 6.08 Å². The van der Waals surface area contributed by atoms with E-state index in [4.69, 9.17) is 4.74 Å². The van der Waals surface area contributed by atoms with Gasteiger partial charge >= 0.3 is 6.40 Å². The van der Waals surface area contributed by atoms with Crippen LogP contribution in [0.4, 0.5) is 0 Å². The number of unbranched alkanes of at least 4 members (excludes halogenated alkanes) is 15. The van der Waals surface area contributed by atoms with Gasteiger partial charge in [-0.3, -0.25) is 0 Å². The third kappa shape index (κ3) is 18.1. The van der Waals surface area contributed by atoms with Crippen LogP contribution in [-0.2, 0) is 4.74 Å². The van der Waals surface area contributed by atoms with E-state index in [0.717, 1.165) is 13.2 Å². The van der Waals surface area contributed by atoms with Crippen molar-refractivity contribution in [2.45, 2.75) is 110 Å². The molecule has 1 heterocycles. The number of hydrogen-bond donors (Lipinski definition) is 0. The number of hydrogen-bond acceptors (Lipinski definition) is 2. The first-order valence-electron chi connectivity index (χ1n) is 11.5. The molecular formula is C24H45NO2. The maximum absolute atomic E-state index is 5.61. The summed E-state index contributed by atoms with van der Waals surface area (Å²) < 4.78 is 7.68. The van der Waals surface area contributed by atoms with Gasteiger partial charge in [-0.2, -0.15) is 4.58 Å². The van der Waals surface area contributed by atoms with Gasteiger partial charge in [-0.1, -0.05) is 109 Å². The molecule has 0 unspecified atom stereocenters. The molecule has 0 spiro atoms. The monoisotopic (exact) mass is 379 g/mol. The first kappa shape index (κ1) is 25.9. The SMILES string of the molecule is CCCCCCCCCCCCCCCCCCOC=[N+]1C=CC=CC1.[OH-]. The third-order valence-corrected chi connectivity index (χ3v) is 5.17. The zero-order valence-corrected chi connectivity index (χ0v) is 17.9. The van der Waals surface area contributed by atoms with E-state index in [1.165, 1.54) is 103 Å². The molecule has 0 bridgehead atoms. The average molecular weight is 380 g/mol. The molecule has 0 aliphatic carbocycles. The van der Waals surface area contributed by atoms with E-state index in [0.29, 0.717) is 0 Å². The molecule has 1 aliphatic heterocycles. The number of allylic oxidation sites excluding steroid dienone is 2. The Morgan fingerprint density at radius 3 is 1.63 bits per heavy atom. The molecule has 3 heteroatoms. The molecule has 0 saturated heterocycles. The van der Waals surface area contributed by atoms with Crippen molar-refractivity contribution in [3.8, 4) is 0 Å². The van der Waals surface area contributed by atoms with Crippen LogP contribution in [0.25, 0.3) is 0 Å². The summed E-state index contributed by atoms with van der Waals surface area (Å²) in [5, 5.41) is 0. The molecule has 0 amide bonds. The van der Waals surface area contributed by atoms with E-state index in [2.05, 4.69) is 23.7 Å². The highest BCUT2D eigenvalue weighted by molar-refractivity contribution is 5.40. The van der Waals surface area contributed by atoms with E-state index in [-0.39, 0.29) is 5.48 Å². The number of nitrogens with zero attached hydrogens (tertiary/aromatic N) is 1. The Hall–Kier alpha value is -1.09. The van der Waals surface area contributed by atoms with Gasteiger partial charge in [0.1, 0.15) is 0 Å². The van der Waals surface area contributed by atoms with Crippen molar-refractivity contribution in [2.24, 2.45) is 0 Å². The van der Waals surface area contributed by atoms with Gasteiger partial charge in [-0.15, -0.1) is 0 Å². The maximum Gasteiger partial charge on any atom is 0.329 e. The number of ether oxygens (including phenoxy) is 1. The van der Waals surface area contributed by atoms with Crippen LogP contribution in [0.1, 0.15) is 110 Å². The summed E-state index contributed by atoms with van der Waals surface area (Å²) in [7, 11) is 0. The Morgan fingerprint density at radius 2 is 1.19 bits per heavy atom. The molecule has 1 rings (SSSR count). The van der Waals surface area contributed by atoms with Crippen LogP contribution in [0.5, 0.6) is 0 Å². The topological polar surface area (TPSA) is 42.2 Å². The van der Waals surface area contributed by atoms with E-state index in [9.17, 15) is 0 Å². The predicted octanol–water partition coefficient (Wildman–Crippen LogP) is 7.21. The van der Waals surface area contributed by atoms with Crippen molar-refractivity contribution < 1.29 is 14.8 Å². The van der Waals surface area contributed by atoms with E-state index in [1.807, 2.05) is 18.7 Å². The van der Waals surface area contributed by atoms with E-state index < -0.39 is 0 Å². The lowest BCUT2D eigenvalue weighted by atomic mass is 10.0. The quantitative estimate of drug-likeness (QED) is 0.143. The Morgan fingerprint density at radius 1 is 0.704 bits per heavy atom. The zero-order chi connectivity index (χ0) is 18.5. The molecule has 0 aromatic heterocycles. The fourth-order valence-corrected chi connectivity index (χ4v) is 3.44. The Labute approximate surface area is 168 Å². The Bertz CT molecular complexity index is 388. The van der Waals surface area contributed by atoms with Gasteiger partial charge in [-0.05, 0) is 12.5 Å². The first-order valence-corrected chi connectivity index (χ1v) is 11.5. The van der Waals surface area contributed by atoms with E-state index >= 15 is 0 Å². The van der Waals surface area contributed by atoms with Gasteiger partial charge in [0.25, 0.3) is 0 Å².